The molecule has 0 radical (unpaired) electrons. The van der Waals surface area contributed by atoms with Crippen LogP contribution >= 0.6 is 0 Å². The van der Waals surface area contributed by atoms with E-state index < -0.39 is 0 Å². The van der Waals surface area contributed by atoms with Crippen LogP contribution in [0.3, 0.4) is 0 Å². The average molecular weight is 292 g/mol. The lowest BCUT2D eigenvalue weighted by atomic mass is 10.2. The molecule has 4 heteroatoms. The van der Waals surface area contributed by atoms with Crippen LogP contribution in [0, 0.1) is 5.92 Å². The molecule has 0 aliphatic carbocycles. The molecule has 0 saturated heterocycles. The van der Waals surface area contributed by atoms with Crippen molar-refractivity contribution in [1.29, 1.82) is 0 Å². The highest BCUT2D eigenvalue weighted by molar-refractivity contribution is 5.44. The molecule has 1 aliphatic heterocycles. The topological polar surface area (TPSA) is 36.9 Å². The van der Waals surface area contributed by atoms with E-state index in [9.17, 15) is 0 Å². The second kappa shape index (κ2) is 8.05. The lowest BCUT2D eigenvalue weighted by Gasteiger charge is -2.07. The summed E-state index contributed by atoms with van der Waals surface area (Å²) in [5.74, 6) is 2.17. The average Bonchev–Trinajstić information content (AvgIpc) is 2.90. The van der Waals surface area contributed by atoms with Crippen molar-refractivity contribution in [3.05, 3.63) is 35.4 Å². The highest BCUT2D eigenvalue weighted by Gasteiger charge is 2.12. The number of hydrogen-bond acceptors (Lipinski definition) is 4. The first kappa shape index (κ1) is 15.9. The van der Waals surface area contributed by atoms with Crippen LogP contribution in [0.15, 0.2) is 29.8 Å². The van der Waals surface area contributed by atoms with Gasteiger partial charge >= 0.3 is 0 Å². The Morgan fingerprint density at radius 3 is 2.86 bits per heavy atom. The fourth-order valence-electron chi connectivity index (χ4n) is 1.92. The zero-order chi connectivity index (χ0) is 15.1. The third-order valence-corrected chi connectivity index (χ3v) is 3.04. The SMILES string of the molecule is CC(=CCOCc1ccc2c(c1)OCO2)COCC(C)C. The van der Waals surface area contributed by atoms with Gasteiger partial charge < -0.3 is 18.9 Å². The van der Waals surface area contributed by atoms with Crippen molar-refractivity contribution in [2.45, 2.75) is 27.4 Å². The molecule has 21 heavy (non-hydrogen) atoms. The predicted molar refractivity (Wildman–Crippen MR) is 81.6 cm³/mol. The molecule has 0 N–H and O–H groups in total. The molecule has 0 fully saturated rings. The quantitative estimate of drug-likeness (QED) is 0.542. The summed E-state index contributed by atoms with van der Waals surface area (Å²) in [6.45, 7) is 9.27. The minimum absolute atomic E-state index is 0.304. The van der Waals surface area contributed by atoms with Crippen LogP contribution in [-0.2, 0) is 16.1 Å². The number of ether oxygens (including phenoxy) is 4. The van der Waals surface area contributed by atoms with Crippen molar-refractivity contribution < 1.29 is 18.9 Å². The second-order valence-electron chi connectivity index (χ2n) is 5.66. The number of benzene rings is 1. The Kier molecular flexibility index (Phi) is 6.08. The maximum absolute atomic E-state index is 5.65. The monoisotopic (exact) mass is 292 g/mol. The zero-order valence-electron chi connectivity index (χ0n) is 13.1. The molecule has 0 bridgehead atoms. The van der Waals surface area contributed by atoms with Gasteiger partial charge in [-0.15, -0.1) is 0 Å². The maximum atomic E-state index is 5.65. The van der Waals surface area contributed by atoms with E-state index in [-0.39, 0.29) is 0 Å². The summed E-state index contributed by atoms with van der Waals surface area (Å²) in [6.07, 6.45) is 2.06. The molecule has 0 atom stereocenters. The number of rotatable bonds is 8. The van der Waals surface area contributed by atoms with Gasteiger partial charge in [0.05, 0.1) is 19.8 Å². The fourth-order valence-corrected chi connectivity index (χ4v) is 1.92. The van der Waals surface area contributed by atoms with Crippen molar-refractivity contribution in [1.82, 2.24) is 0 Å². The van der Waals surface area contributed by atoms with Gasteiger partial charge in [-0.2, -0.15) is 0 Å². The van der Waals surface area contributed by atoms with E-state index in [0.717, 1.165) is 23.7 Å². The van der Waals surface area contributed by atoms with Gasteiger partial charge in [0.15, 0.2) is 11.5 Å². The van der Waals surface area contributed by atoms with Crippen molar-refractivity contribution >= 4 is 0 Å². The van der Waals surface area contributed by atoms with E-state index in [1.54, 1.807) is 0 Å². The maximum Gasteiger partial charge on any atom is 0.231 e. The van der Waals surface area contributed by atoms with Gasteiger partial charge in [-0.1, -0.05) is 26.0 Å². The first-order valence-electron chi connectivity index (χ1n) is 7.35. The second-order valence-corrected chi connectivity index (χ2v) is 5.66. The van der Waals surface area contributed by atoms with Crippen LogP contribution in [0.1, 0.15) is 26.3 Å². The molecule has 1 aromatic rings. The molecule has 4 nitrogen and oxygen atoms in total. The van der Waals surface area contributed by atoms with Gasteiger partial charge in [-0.25, -0.2) is 0 Å². The first-order valence-corrected chi connectivity index (χ1v) is 7.35. The van der Waals surface area contributed by atoms with Gasteiger partial charge in [0.25, 0.3) is 0 Å². The molecule has 1 aliphatic rings. The normalized spacial score (nSPS) is 14.0. The highest BCUT2D eigenvalue weighted by Crippen LogP contribution is 2.32. The summed E-state index contributed by atoms with van der Waals surface area (Å²) >= 11 is 0. The predicted octanol–water partition coefficient (Wildman–Crippen LogP) is 3.55. The Balaban J connectivity index is 1.67. The van der Waals surface area contributed by atoms with E-state index in [0.29, 0.717) is 32.5 Å². The van der Waals surface area contributed by atoms with Crippen LogP contribution in [0.4, 0.5) is 0 Å². The molecule has 0 aromatic heterocycles. The Bertz CT molecular complexity index is 480. The van der Waals surface area contributed by atoms with E-state index in [1.165, 1.54) is 5.57 Å². The Labute approximate surface area is 126 Å². The van der Waals surface area contributed by atoms with Crippen molar-refractivity contribution in [2.24, 2.45) is 5.92 Å². The largest absolute Gasteiger partial charge is 0.454 e. The van der Waals surface area contributed by atoms with Gasteiger partial charge in [0, 0.05) is 6.61 Å². The molecule has 116 valence electrons. The molecule has 0 saturated carbocycles. The summed E-state index contributed by atoms with van der Waals surface area (Å²) in [5.41, 5.74) is 2.28. The number of hydrogen-bond donors (Lipinski definition) is 0. The molecule has 0 spiro atoms. The summed E-state index contributed by atoms with van der Waals surface area (Å²) in [4.78, 5) is 0. The molecule has 0 unspecified atom stereocenters. The van der Waals surface area contributed by atoms with E-state index in [2.05, 4.69) is 26.8 Å². The summed E-state index contributed by atoms with van der Waals surface area (Å²) in [6, 6.07) is 5.88. The summed E-state index contributed by atoms with van der Waals surface area (Å²) < 4.78 is 21.8. The third kappa shape index (κ3) is 5.40. The lowest BCUT2D eigenvalue weighted by molar-refractivity contribution is 0.126. The Hall–Kier alpha value is -1.52. The van der Waals surface area contributed by atoms with E-state index in [4.69, 9.17) is 18.9 Å². The molecule has 1 aromatic carbocycles. The first-order chi connectivity index (χ1) is 10.1. The minimum atomic E-state index is 0.304. The minimum Gasteiger partial charge on any atom is -0.454 e. The zero-order valence-corrected chi connectivity index (χ0v) is 13.1. The smallest absolute Gasteiger partial charge is 0.231 e. The van der Waals surface area contributed by atoms with Crippen LogP contribution in [0.2, 0.25) is 0 Å². The van der Waals surface area contributed by atoms with Gasteiger partial charge in [0.1, 0.15) is 0 Å². The van der Waals surface area contributed by atoms with Crippen LogP contribution in [0.25, 0.3) is 0 Å². The molecular weight excluding hydrogens is 268 g/mol. The highest BCUT2D eigenvalue weighted by atomic mass is 16.7. The third-order valence-electron chi connectivity index (χ3n) is 3.04. The van der Waals surface area contributed by atoms with E-state index >= 15 is 0 Å². The summed E-state index contributed by atoms with van der Waals surface area (Å²) in [7, 11) is 0. The van der Waals surface area contributed by atoms with Crippen LogP contribution < -0.4 is 9.47 Å². The molecule has 2 rings (SSSR count). The van der Waals surface area contributed by atoms with Gasteiger partial charge in [-0.3, -0.25) is 0 Å². The Morgan fingerprint density at radius 1 is 1.24 bits per heavy atom. The van der Waals surface area contributed by atoms with E-state index in [1.807, 2.05) is 18.2 Å². The molecule has 0 amide bonds. The van der Waals surface area contributed by atoms with Gasteiger partial charge in [0.2, 0.25) is 6.79 Å². The lowest BCUT2D eigenvalue weighted by Crippen LogP contribution is -2.04. The van der Waals surface area contributed by atoms with Crippen molar-refractivity contribution in [3.8, 4) is 11.5 Å². The number of fused-ring (bicyclic) bond motifs is 1. The molecule has 1 heterocycles. The van der Waals surface area contributed by atoms with Crippen LogP contribution in [-0.4, -0.2) is 26.6 Å². The van der Waals surface area contributed by atoms with Gasteiger partial charge in [-0.05, 0) is 36.1 Å². The fraction of sp³-hybridized carbons (Fsp3) is 0.529. The van der Waals surface area contributed by atoms with Crippen LogP contribution in [0.5, 0.6) is 11.5 Å². The summed E-state index contributed by atoms with van der Waals surface area (Å²) in [5, 5.41) is 0. The Morgan fingerprint density at radius 2 is 2.05 bits per heavy atom. The van der Waals surface area contributed by atoms with Crippen molar-refractivity contribution in [2.75, 3.05) is 26.6 Å². The van der Waals surface area contributed by atoms with Crippen molar-refractivity contribution in [3.63, 3.8) is 0 Å². The standard InChI is InChI=1S/C17H24O4/c1-13(2)9-19-10-14(3)6-7-18-11-15-4-5-16-17(8-15)21-12-20-16/h4-6,8,13H,7,9-12H2,1-3H3. The molecular formula is C17H24O4.